The number of benzene rings is 1. The van der Waals surface area contributed by atoms with Gasteiger partial charge in [-0.15, -0.1) is 0 Å². The summed E-state index contributed by atoms with van der Waals surface area (Å²) in [5.74, 6) is -0.00551. The molecular weight excluding hydrogens is 248 g/mol. The van der Waals surface area contributed by atoms with E-state index in [0.717, 1.165) is 18.4 Å². The van der Waals surface area contributed by atoms with E-state index < -0.39 is 0 Å². The highest BCUT2D eigenvalue weighted by atomic mass is 35.5. The van der Waals surface area contributed by atoms with Gasteiger partial charge in [0, 0.05) is 17.1 Å². The smallest absolute Gasteiger partial charge is 0.224 e. The Balaban J connectivity index is 2.45. The number of hydrogen-bond donors (Lipinski definition) is 2. The monoisotopic (exact) mass is 268 g/mol. The fourth-order valence-electron chi connectivity index (χ4n) is 1.62. The van der Waals surface area contributed by atoms with Crippen LogP contribution in [0.15, 0.2) is 24.3 Å². The molecule has 0 aliphatic carbocycles. The molecule has 3 nitrogen and oxygen atoms in total. The molecule has 0 radical (unpaired) electrons. The molecule has 0 spiro atoms. The van der Waals surface area contributed by atoms with E-state index in [-0.39, 0.29) is 11.4 Å². The largest absolute Gasteiger partial charge is 0.354 e. The second-order valence-corrected chi connectivity index (χ2v) is 5.09. The third kappa shape index (κ3) is 4.67. The molecule has 0 atom stereocenters. The summed E-state index contributed by atoms with van der Waals surface area (Å²) in [6.45, 7) is 4.59. The minimum absolute atomic E-state index is 0.00551. The minimum Gasteiger partial charge on any atom is -0.354 e. The molecule has 4 heteroatoms. The number of nitrogens with two attached hydrogens (primary N) is 1. The number of carbonyl (C=O) groups is 1. The third-order valence-corrected chi connectivity index (χ3v) is 3.58. The highest BCUT2D eigenvalue weighted by molar-refractivity contribution is 6.30. The van der Waals surface area contributed by atoms with Crippen molar-refractivity contribution in [2.24, 2.45) is 5.73 Å². The van der Waals surface area contributed by atoms with Gasteiger partial charge in [-0.2, -0.15) is 0 Å². The molecule has 1 amide bonds. The van der Waals surface area contributed by atoms with Crippen LogP contribution in [0.5, 0.6) is 0 Å². The van der Waals surface area contributed by atoms with Crippen LogP contribution in [0.25, 0.3) is 0 Å². The zero-order valence-corrected chi connectivity index (χ0v) is 11.8. The highest BCUT2D eigenvalue weighted by Gasteiger charge is 2.20. The first kappa shape index (κ1) is 15.0. The van der Waals surface area contributed by atoms with Gasteiger partial charge in [-0.1, -0.05) is 37.6 Å². The number of rotatable bonds is 6. The van der Waals surface area contributed by atoms with E-state index in [1.165, 1.54) is 0 Å². The Kier molecular flexibility index (Phi) is 5.63. The summed E-state index contributed by atoms with van der Waals surface area (Å²) in [5, 5.41) is 3.57. The van der Waals surface area contributed by atoms with Crippen LogP contribution in [-0.2, 0) is 11.2 Å². The fraction of sp³-hybridized carbons (Fsp3) is 0.500. The van der Waals surface area contributed by atoms with Crippen LogP contribution in [0, 0.1) is 0 Å². The van der Waals surface area contributed by atoms with Crippen LogP contribution < -0.4 is 11.1 Å². The molecule has 0 aliphatic rings. The molecule has 1 aromatic rings. The van der Waals surface area contributed by atoms with Crippen LogP contribution >= 0.6 is 11.6 Å². The summed E-state index contributed by atoms with van der Waals surface area (Å²) < 4.78 is 0. The molecule has 0 unspecified atom stereocenters. The number of halogens is 1. The summed E-state index contributed by atoms with van der Waals surface area (Å²) >= 11 is 5.79. The Morgan fingerprint density at radius 3 is 2.33 bits per heavy atom. The van der Waals surface area contributed by atoms with Crippen LogP contribution in [0.2, 0.25) is 5.02 Å². The van der Waals surface area contributed by atoms with Gasteiger partial charge in [0.25, 0.3) is 0 Å². The molecule has 0 aromatic heterocycles. The van der Waals surface area contributed by atoms with E-state index in [9.17, 15) is 4.79 Å². The molecule has 0 aliphatic heterocycles. The maximum atomic E-state index is 11.8. The zero-order valence-electron chi connectivity index (χ0n) is 11.0. The Labute approximate surface area is 114 Å². The Morgan fingerprint density at radius 1 is 1.28 bits per heavy atom. The molecule has 0 bridgehead atoms. The molecule has 3 N–H and O–H groups in total. The van der Waals surface area contributed by atoms with E-state index >= 15 is 0 Å². The second-order valence-electron chi connectivity index (χ2n) is 4.65. The summed E-state index contributed by atoms with van der Waals surface area (Å²) in [6.07, 6.45) is 2.07. The maximum Gasteiger partial charge on any atom is 0.224 e. The van der Waals surface area contributed by atoms with Crippen LogP contribution in [-0.4, -0.2) is 18.0 Å². The van der Waals surface area contributed by atoms with Crippen molar-refractivity contribution < 1.29 is 4.79 Å². The topological polar surface area (TPSA) is 55.1 Å². The van der Waals surface area contributed by atoms with E-state index in [4.69, 9.17) is 17.3 Å². The second kappa shape index (κ2) is 6.76. The van der Waals surface area contributed by atoms with Crippen LogP contribution in [0.1, 0.15) is 32.3 Å². The minimum atomic E-state index is -0.296. The molecule has 0 saturated heterocycles. The first-order chi connectivity index (χ1) is 8.49. The number of nitrogens with one attached hydrogen (secondary N) is 1. The molecular formula is C14H21ClN2O. The standard InChI is InChI=1S/C14H21ClN2O/c1-3-14(16,4-2)10-17-13(18)9-11-5-7-12(15)8-6-11/h5-8H,3-4,9-10,16H2,1-2H3,(H,17,18). The van der Waals surface area contributed by atoms with Crippen molar-refractivity contribution in [3.8, 4) is 0 Å². The first-order valence-electron chi connectivity index (χ1n) is 6.29. The summed E-state index contributed by atoms with van der Waals surface area (Å²) in [6, 6.07) is 7.29. The van der Waals surface area contributed by atoms with Crippen LogP contribution in [0.3, 0.4) is 0 Å². The molecule has 1 rings (SSSR count). The van der Waals surface area contributed by atoms with Gasteiger partial charge in [-0.05, 0) is 30.5 Å². The Morgan fingerprint density at radius 2 is 1.83 bits per heavy atom. The summed E-state index contributed by atoms with van der Waals surface area (Å²) in [7, 11) is 0. The van der Waals surface area contributed by atoms with E-state index in [2.05, 4.69) is 5.32 Å². The SMILES string of the molecule is CCC(N)(CC)CNC(=O)Cc1ccc(Cl)cc1. The van der Waals surface area contributed by atoms with E-state index in [1.807, 2.05) is 26.0 Å². The van der Waals surface area contributed by atoms with Gasteiger partial charge < -0.3 is 11.1 Å². The molecule has 0 fully saturated rings. The van der Waals surface area contributed by atoms with Crippen molar-refractivity contribution in [3.63, 3.8) is 0 Å². The number of hydrogen-bond acceptors (Lipinski definition) is 2. The van der Waals surface area contributed by atoms with Crippen molar-refractivity contribution in [2.75, 3.05) is 6.54 Å². The summed E-state index contributed by atoms with van der Waals surface area (Å²) in [5.41, 5.74) is 6.78. The maximum absolute atomic E-state index is 11.8. The predicted octanol–water partition coefficient (Wildman–Crippen LogP) is 2.52. The number of amides is 1. The Hall–Kier alpha value is -1.06. The highest BCUT2D eigenvalue weighted by Crippen LogP contribution is 2.11. The average Bonchev–Trinajstić information content (AvgIpc) is 2.39. The van der Waals surface area contributed by atoms with Crippen molar-refractivity contribution in [1.29, 1.82) is 0 Å². The fourth-order valence-corrected chi connectivity index (χ4v) is 1.75. The molecule has 1 aromatic carbocycles. The lowest BCUT2D eigenvalue weighted by Crippen LogP contribution is -2.49. The molecule has 100 valence electrons. The van der Waals surface area contributed by atoms with E-state index in [0.29, 0.717) is 18.0 Å². The van der Waals surface area contributed by atoms with Gasteiger partial charge >= 0.3 is 0 Å². The van der Waals surface area contributed by atoms with Crippen molar-refractivity contribution >= 4 is 17.5 Å². The van der Waals surface area contributed by atoms with E-state index in [1.54, 1.807) is 12.1 Å². The van der Waals surface area contributed by atoms with Gasteiger partial charge in [0.2, 0.25) is 5.91 Å². The van der Waals surface area contributed by atoms with Crippen molar-refractivity contribution in [1.82, 2.24) is 5.32 Å². The lowest BCUT2D eigenvalue weighted by Gasteiger charge is -2.26. The summed E-state index contributed by atoms with van der Waals surface area (Å²) in [4.78, 5) is 11.8. The molecule has 0 saturated carbocycles. The lowest BCUT2D eigenvalue weighted by molar-refractivity contribution is -0.120. The van der Waals surface area contributed by atoms with Gasteiger partial charge in [-0.25, -0.2) is 0 Å². The van der Waals surface area contributed by atoms with Crippen molar-refractivity contribution in [2.45, 2.75) is 38.6 Å². The van der Waals surface area contributed by atoms with Crippen molar-refractivity contribution in [3.05, 3.63) is 34.9 Å². The normalized spacial score (nSPS) is 11.3. The van der Waals surface area contributed by atoms with Gasteiger partial charge in [0.15, 0.2) is 0 Å². The van der Waals surface area contributed by atoms with Gasteiger partial charge in [-0.3, -0.25) is 4.79 Å². The quantitative estimate of drug-likeness (QED) is 0.833. The zero-order chi connectivity index (χ0) is 13.6. The molecule has 18 heavy (non-hydrogen) atoms. The number of carbonyl (C=O) groups excluding carboxylic acids is 1. The molecule has 0 heterocycles. The van der Waals surface area contributed by atoms with Gasteiger partial charge in [0.05, 0.1) is 6.42 Å². The first-order valence-corrected chi connectivity index (χ1v) is 6.67. The lowest BCUT2D eigenvalue weighted by atomic mass is 9.94. The van der Waals surface area contributed by atoms with Crippen LogP contribution in [0.4, 0.5) is 0 Å². The predicted molar refractivity (Wildman–Crippen MR) is 75.7 cm³/mol. The third-order valence-electron chi connectivity index (χ3n) is 3.32. The Bertz CT molecular complexity index is 385. The average molecular weight is 269 g/mol. The van der Waals surface area contributed by atoms with Gasteiger partial charge in [0.1, 0.15) is 0 Å².